The molecule has 0 aliphatic carbocycles. The van der Waals surface area contributed by atoms with Crippen molar-refractivity contribution in [3.8, 4) is 0 Å². The van der Waals surface area contributed by atoms with Gasteiger partial charge in [-0.2, -0.15) is 4.31 Å². The fourth-order valence-electron chi connectivity index (χ4n) is 2.83. The molecule has 0 spiro atoms. The number of aromatic nitrogens is 2. The minimum absolute atomic E-state index is 0.0319. The first-order valence-corrected chi connectivity index (χ1v) is 8.74. The molecule has 2 N–H and O–H groups in total. The van der Waals surface area contributed by atoms with Gasteiger partial charge >= 0.3 is 0 Å². The summed E-state index contributed by atoms with van der Waals surface area (Å²) >= 11 is 0. The van der Waals surface area contributed by atoms with E-state index in [0.29, 0.717) is 5.82 Å². The Morgan fingerprint density at radius 2 is 1.91 bits per heavy atom. The Labute approximate surface area is 134 Å². The lowest BCUT2D eigenvalue weighted by molar-refractivity contribution is 0.467. The molecule has 124 valence electrons. The molecule has 0 amide bonds. The zero-order chi connectivity index (χ0) is 16.8. The molecule has 1 aromatic carbocycles. The Hall–Kier alpha value is -1.77. The van der Waals surface area contributed by atoms with E-state index in [4.69, 9.17) is 5.73 Å². The fourth-order valence-corrected chi connectivity index (χ4v) is 4.36. The highest BCUT2D eigenvalue weighted by Gasteiger charge is 2.39. The van der Waals surface area contributed by atoms with Gasteiger partial charge in [0.1, 0.15) is 11.6 Å². The minimum atomic E-state index is -3.68. The SMILES string of the molecule is Cc1nc(S(=O)(=O)N2C[C@H](c3ccc(F)cc3)[C@@H](N)C2)cn1C. The number of nitrogens with zero attached hydrogens (tertiary/aromatic N) is 3. The van der Waals surface area contributed by atoms with E-state index in [1.54, 1.807) is 30.7 Å². The first-order chi connectivity index (χ1) is 10.8. The monoisotopic (exact) mass is 338 g/mol. The Bertz CT molecular complexity index is 797. The van der Waals surface area contributed by atoms with Crippen LogP contribution in [0, 0.1) is 12.7 Å². The highest BCUT2D eigenvalue weighted by molar-refractivity contribution is 7.89. The van der Waals surface area contributed by atoms with Crippen LogP contribution in [0.5, 0.6) is 0 Å². The number of rotatable bonds is 3. The molecule has 2 atom stereocenters. The van der Waals surface area contributed by atoms with Crippen molar-refractivity contribution in [3.05, 3.63) is 47.7 Å². The molecule has 0 bridgehead atoms. The summed E-state index contributed by atoms with van der Waals surface area (Å²) in [6.07, 6.45) is 1.50. The predicted molar refractivity (Wildman–Crippen MR) is 83.8 cm³/mol. The molecular weight excluding hydrogens is 319 g/mol. The quantitative estimate of drug-likeness (QED) is 0.905. The minimum Gasteiger partial charge on any atom is -0.337 e. The van der Waals surface area contributed by atoms with Gasteiger partial charge in [-0.15, -0.1) is 0 Å². The third kappa shape index (κ3) is 2.89. The average molecular weight is 338 g/mol. The van der Waals surface area contributed by atoms with Crippen LogP contribution in [0.3, 0.4) is 0 Å². The molecule has 6 nitrogen and oxygen atoms in total. The second-order valence-corrected chi connectivity index (χ2v) is 7.77. The van der Waals surface area contributed by atoms with E-state index in [2.05, 4.69) is 4.98 Å². The van der Waals surface area contributed by atoms with Gasteiger partial charge in [0, 0.05) is 38.3 Å². The zero-order valence-corrected chi connectivity index (χ0v) is 13.8. The maximum absolute atomic E-state index is 13.1. The fraction of sp³-hybridized carbons (Fsp3) is 0.400. The van der Waals surface area contributed by atoms with Gasteiger partial charge in [0.2, 0.25) is 0 Å². The predicted octanol–water partition coefficient (Wildman–Crippen LogP) is 0.983. The van der Waals surface area contributed by atoms with Crippen LogP contribution in [0.4, 0.5) is 4.39 Å². The number of halogens is 1. The van der Waals surface area contributed by atoms with Crippen molar-refractivity contribution in [2.45, 2.75) is 23.9 Å². The van der Waals surface area contributed by atoms with Gasteiger partial charge in [-0.05, 0) is 24.6 Å². The number of aryl methyl sites for hydroxylation is 2. The first kappa shape index (κ1) is 16.1. The van der Waals surface area contributed by atoms with E-state index in [1.807, 2.05) is 0 Å². The van der Waals surface area contributed by atoms with E-state index < -0.39 is 10.0 Å². The van der Waals surface area contributed by atoms with Gasteiger partial charge in [-0.1, -0.05) is 12.1 Å². The van der Waals surface area contributed by atoms with Crippen molar-refractivity contribution < 1.29 is 12.8 Å². The summed E-state index contributed by atoms with van der Waals surface area (Å²) in [6, 6.07) is 5.70. The maximum Gasteiger partial charge on any atom is 0.262 e. The molecule has 1 aliphatic heterocycles. The van der Waals surface area contributed by atoms with Gasteiger partial charge in [0.25, 0.3) is 10.0 Å². The van der Waals surface area contributed by atoms with Gasteiger partial charge in [-0.25, -0.2) is 17.8 Å². The molecule has 3 rings (SSSR count). The lowest BCUT2D eigenvalue weighted by Gasteiger charge is -2.15. The van der Waals surface area contributed by atoms with E-state index in [0.717, 1.165) is 5.56 Å². The molecule has 1 aliphatic rings. The van der Waals surface area contributed by atoms with Gasteiger partial charge in [0.05, 0.1) is 0 Å². The highest BCUT2D eigenvalue weighted by atomic mass is 32.2. The summed E-state index contributed by atoms with van der Waals surface area (Å²) < 4.78 is 41.5. The maximum atomic E-state index is 13.1. The van der Waals surface area contributed by atoms with E-state index >= 15 is 0 Å². The van der Waals surface area contributed by atoms with Crippen LogP contribution >= 0.6 is 0 Å². The van der Waals surface area contributed by atoms with Crippen molar-refractivity contribution in [3.63, 3.8) is 0 Å². The number of sulfonamides is 1. The normalized spacial score (nSPS) is 22.6. The Morgan fingerprint density at radius 1 is 1.26 bits per heavy atom. The number of benzene rings is 1. The molecular formula is C15H19FN4O2S. The van der Waals surface area contributed by atoms with Gasteiger partial charge in [0.15, 0.2) is 5.03 Å². The summed E-state index contributed by atoms with van der Waals surface area (Å²) in [5.41, 5.74) is 6.97. The number of hydrogen-bond acceptors (Lipinski definition) is 4. The Balaban J connectivity index is 1.86. The van der Waals surface area contributed by atoms with E-state index in [1.165, 1.54) is 22.6 Å². The molecule has 1 aromatic heterocycles. The van der Waals surface area contributed by atoms with Crippen molar-refractivity contribution >= 4 is 10.0 Å². The molecule has 0 radical (unpaired) electrons. The third-order valence-electron chi connectivity index (χ3n) is 4.32. The summed E-state index contributed by atoms with van der Waals surface area (Å²) in [7, 11) is -1.93. The van der Waals surface area contributed by atoms with Crippen LogP contribution < -0.4 is 5.73 Å². The largest absolute Gasteiger partial charge is 0.337 e. The average Bonchev–Trinajstić information content (AvgIpc) is 3.04. The molecule has 23 heavy (non-hydrogen) atoms. The lowest BCUT2D eigenvalue weighted by Crippen LogP contribution is -2.32. The van der Waals surface area contributed by atoms with E-state index in [9.17, 15) is 12.8 Å². The second-order valence-electron chi connectivity index (χ2n) is 5.88. The van der Waals surface area contributed by atoms with Crippen LogP contribution in [0.2, 0.25) is 0 Å². The van der Waals surface area contributed by atoms with Crippen LogP contribution in [0.25, 0.3) is 0 Å². The Kier molecular flexibility index (Phi) is 3.99. The van der Waals surface area contributed by atoms with Crippen LogP contribution in [0.1, 0.15) is 17.3 Å². The molecule has 2 heterocycles. The topological polar surface area (TPSA) is 81.2 Å². The molecule has 1 fully saturated rings. The second kappa shape index (κ2) is 5.70. The van der Waals surface area contributed by atoms with Crippen molar-refractivity contribution in [2.24, 2.45) is 12.8 Å². The Morgan fingerprint density at radius 3 is 2.48 bits per heavy atom. The van der Waals surface area contributed by atoms with Crippen LogP contribution in [0.15, 0.2) is 35.5 Å². The molecule has 8 heteroatoms. The zero-order valence-electron chi connectivity index (χ0n) is 13.0. The van der Waals surface area contributed by atoms with E-state index in [-0.39, 0.29) is 35.9 Å². The van der Waals surface area contributed by atoms with Crippen molar-refractivity contribution in [1.82, 2.24) is 13.9 Å². The highest BCUT2D eigenvalue weighted by Crippen LogP contribution is 2.30. The summed E-state index contributed by atoms with van der Waals surface area (Å²) in [4.78, 5) is 4.10. The smallest absolute Gasteiger partial charge is 0.262 e. The molecule has 0 unspecified atom stereocenters. The standard InChI is InChI=1S/C15H19FN4O2S/c1-10-18-15(9-19(10)2)23(21,22)20-7-13(14(17)8-20)11-3-5-12(16)6-4-11/h3-6,9,13-14H,7-8,17H2,1-2H3/t13-,14+/m1/s1. The van der Waals surface area contributed by atoms with Gasteiger partial charge in [-0.3, -0.25) is 0 Å². The van der Waals surface area contributed by atoms with Crippen LogP contribution in [-0.4, -0.2) is 41.4 Å². The number of hydrogen-bond donors (Lipinski definition) is 1. The number of nitrogens with two attached hydrogens (primary N) is 1. The molecule has 2 aromatic rings. The molecule has 1 saturated heterocycles. The first-order valence-electron chi connectivity index (χ1n) is 7.30. The third-order valence-corrected chi connectivity index (χ3v) is 6.02. The van der Waals surface area contributed by atoms with Gasteiger partial charge < -0.3 is 10.3 Å². The summed E-state index contributed by atoms with van der Waals surface area (Å²) in [5, 5.41) is 0.0319. The number of imidazole rings is 1. The summed E-state index contributed by atoms with van der Waals surface area (Å²) in [5.74, 6) is 0.145. The lowest BCUT2D eigenvalue weighted by atomic mass is 9.95. The molecule has 0 saturated carbocycles. The van der Waals surface area contributed by atoms with Crippen molar-refractivity contribution in [2.75, 3.05) is 13.1 Å². The van der Waals surface area contributed by atoms with Crippen LogP contribution in [-0.2, 0) is 17.1 Å². The van der Waals surface area contributed by atoms with Crippen molar-refractivity contribution in [1.29, 1.82) is 0 Å². The summed E-state index contributed by atoms with van der Waals surface area (Å²) in [6.45, 7) is 2.24.